The molecule has 0 aliphatic carbocycles. The number of pyridine rings is 1. The van der Waals surface area contributed by atoms with E-state index in [4.69, 9.17) is 0 Å². The van der Waals surface area contributed by atoms with Crippen LogP contribution in [-0.4, -0.2) is 4.98 Å². The predicted octanol–water partition coefficient (Wildman–Crippen LogP) is 4.30. The van der Waals surface area contributed by atoms with Gasteiger partial charge in [0.25, 0.3) is 0 Å². The molecule has 0 atom stereocenters. The number of benzene rings is 2. The quantitative estimate of drug-likeness (QED) is 0.643. The maximum Gasteiger partial charge on any atom is 0.0970 e. The van der Waals surface area contributed by atoms with E-state index in [1.165, 1.54) is 23.3 Å². The molecule has 0 saturated heterocycles. The van der Waals surface area contributed by atoms with Gasteiger partial charge in [0, 0.05) is 17.1 Å². The molecule has 92 valence electrons. The third-order valence-corrected chi connectivity index (χ3v) is 3.90. The Bertz CT molecular complexity index is 756. The van der Waals surface area contributed by atoms with Gasteiger partial charge in [-0.2, -0.15) is 0 Å². The summed E-state index contributed by atoms with van der Waals surface area (Å²) in [5.74, 6) is 0. The Labute approximate surface area is 115 Å². The molecule has 3 aromatic rings. The highest BCUT2D eigenvalue weighted by molar-refractivity contribution is 8.02. The van der Waals surface area contributed by atoms with Crippen molar-refractivity contribution in [2.24, 2.45) is 0 Å². The minimum absolute atomic E-state index is 1.01. The molecular weight excluding hydrogens is 254 g/mol. The molecule has 1 aliphatic heterocycles. The van der Waals surface area contributed by atoms with E-state index in [2.05, 4.69) is 50.8 Å². The molecular formula is C15H11N3S. The lowest BCUT2D eigenvalue weighted by Gasteiger charge is -2.10. The summed E-state index contributed by atoms with van der Waals surface area (Å²) < 4.78 is 6.62. The van der Waals surface area contributed by atoms with Crippen LogP contribution in [-0.2, 0) is 0 Å². The summed E-state index contributed by atoms with van der Waals surface area (Å²) in [7, 11) is 0. The molecule has 0 amide bonds. The second-order valence-corrected chi connectivity index (χ2v) is 5.03. The third kappa shape index (κ3) is 1.64. The fourth-order valence-electron chi connectivity index (χ4n) is 2.40. The molecule has 4 heteroatoms. The normalized spacial score (nSPS) is 12.8. The van der Waals surface area contributed by atoms with E-state index < -0.39 is 0 Å². The molecule has 1 aromatic heterocycles. The molecule has 2 heterocycles. The minimum atomic E-state index is 1.01. The summed E-state index contributed by atoms with van der Waals surface area (Å²) in [5, 5.41) is 1.15. The Hall–Kier alpha value is -2.20. The Morgan fingerprint density at radius 3 is 2.63 bits per heavy atom. The summed E-state index contributed by atoms with van der Waals surface area (Å²) >= 11 is 1.49. The van der Waals surface area contributed by atoms with Gasteiger partial charge in [0.2, 0.25) is 0 Å². The summed E-state index contributed by atoms with van der Waals surface area (Å²) in [6.07, 6.45) is 1.83. The second-order valence-electron chi connectivity index (χ2n) is 4.42. The van der Waals surface area contributed by atoms with Crippen LogP contribution in [0.5, 0.6) is 0 Å². The van der Waals surface area contributed by atoms with Gasteiger partial charge < -0.3 is 9.44 Å². The van der Waals surface area contributed by atoms with Gasteiger partial charge in [-0.15, -0.1) is 0 Å². The third-order valence-electron chi connectivity index (χ3n) is 3.29. The molecule has 0 saturated carbocycles. The molecule has 3 nitrogen and oxygen atoms in total. The van der Waals surface area contributed by atoms with Crippen molar-refractivity contribution in [2.75, 3.05) is 9.44 Å². The van der Waals surface area contributed by atoms with Crippen LogP contribution < -0.4 is 9.44 Å². The number of aromatic nitrogens is 1. The topological polar surface area (TPSA) is 37.0 Å². The maximum atomic E-state index is 4.47. The summed E-state index contributed by atoms with van der Waals surface area (Å²) in [6.45, 7) is 0. The smallest absolute Gasteiger partial charge is 0.0970 e. The molecule has 2 N–H and O–H groups in total. The zero-order valence-corrected chi connectivity index (χ0v) is 10.9. The molecule has 1 aliphatic rings. The molecule has 0 fully saturated rings. The lowest BCUT2D eigenvalue weighted by atomic mass is 10.00. The first-order valence-corrected chi connectivity index (χ1v) is 6.90. The summed E-state index contributed by atoms with van der Waals surface area (Å²) in [5.41, 5.74) is 5.61. The average Bonchev–Trinajstić information content (AvgIpc) is 2.97. The van der Waals surface area contributed by atoms with E-state index in [1.807, 2.05) is 18.3 Å². The van der Waals surface area contributed by atoms with Crippen LogP contribution in [0.3, 0.4) is 0 Å². The van der Waals surface area contributed by atoms with E-state index in [0.717, 1.165) is 22.3 Å². The second kappa shape index (κ2) is 4.17. The van der Waals surface area contributed by atoms with Gasteiger partial charge in [0.1, 0.15) is 0 Å². The first kappa shape index (κ1) is 10.7. The largest absolute Gasteiger partial charge is 0.310 e. The average molecular weight is 265 g/mol. The Kier molecular flexibility index (Phi) is 2.35. The van der Waals surface area contributed by atoms with Gasteiger partial charge in [0.15, 0.2) is 0 Å². The standard InChI is InChI=1S/C15H11N3S/c1-2-5-10(6-3-1)12-9-11-7-4-8-16-13(11)15-14(12)17-19-18-15/h1-9,17-18H. The highest BCUT2D eigenvalue weighted by atomic mass is 32.2. The maximum absolute atomic E-state index is 4.47. The number of nitrogens with one attached hydrogen (secondary N) is 2. The SMILES string of the molecule is c1ccc(-c2cc3cccnc3c3c2NSN3)cc1. The van der Waals surface area contributed by atoms with Crippen LogP contribution in [0.15, 0.2) is 54.7 Å². The van der Waals surface area contributed by atoms with E-state index in [1.54, 1.807) is 0 Å². The molecule has 0 radical (unpaired) electrons. The van der Waals surface area contributed by atoms with Crippen LogP contribution in [0.25, 0.3) is 22.0 Å². The van der Waals surface area contributed by atoms with Crippen molar-refractivity contribution in [2.45, 2.75) is 0 Å². The van der Waals surface area contributed by atoms with Crippen LogP contribution in [0, 0.1) is 0 Å². The highest BCUT2D eigenvalue weighted by Gasteiger charge is 2.19. The number of hydrogen-bond acceptors (Lipinski definition) is 4. The van der Waals surface area contributed by atoms with Gasteiger partial charge in [-0.05, 0) is 17.7 Å². The van der Waals surface area contributed by atoms with Crippen molar-refractivity contribution in [1.29, 1.82) is 0 Å². The highest BCUT2D eigenvalue weighted by Crippen LogP contribution is 2.45. The lowest BCUT2D eigenvalue weighted by Crippen LogP contribution is -1.88. The molecule has 4 rings (SSSR count). The first-order chi connectivity index (χ1) is 9.43. The van der Waals surface area contributed by atoms with Gasteiger partial charge in [-0.3, -0.25) is 4.98 Å². The van der Waals surface area contributed by atoms with Crippen molar-refractivity contribution in [3.8, 4) is 11.1 Å². The zero-order chi connectivity index (χ0) is 12.7. The molecule has 2 aromatic carbocycles. The van der Waals surface area contributed by atoms with E-state index in [9.17, 15) is 0 Å². The summed E-state index contributed by atoms with van der Waals surface area (Å²) in [6, 6.07) is 16.7. The number of hydrogen-bond donors (Lipinski definition) is 2. The van der Waals surface area contributed by atoms with E-state index >= 15 is 0 Å². The van der Waals surface area contributed by atoms with Crippen LogP contribution in [0.1, 0.15) is 0 Å². The lowest BCUT2D eigenvalue weighted by molar-refractivity contribution is 1.42. The van der Waals surface area contributed by atoms with Crippen LogP contribution in [0.4, 0.5) is 11.4 Å². The molecule has 0 unspecified atom stereocenters. The van der Waals surface area contributed by atoms with Crippen molar-refractivity contribution >= 4 is 34.4 Å². The number of nitrogens with zero attached hydrogens (tertiary/aromatic N) is 1. The van der Waals surface area contributed by atoms with Crippen LogP contribution in [0.2, 0.25) is 0 Å². The molecule has 0 spiro atoms. The zero-order valence-electron chi connectivity index (χ0n) is 10.1. The van der Waals surface area contributed by atoms with Crippen LogP contribution >= 0.6 is 12.1 Å². The first-order valence-electron chi connectivity index (χ1n) is 6.08. The summed E-state index contributed by atoms with van der Waals surface area (Å²) in [4.78, 5) is 4.47. The fourth-order valence-corrected chi connectivity index (χ4v) is 3.07. The Balaban J connectivity index is 2.07. The number of rotatable bonds is 1. The van der Waals surface area contributed by atoms with Gasteiger partial charge in [-0.1, -0.05) is 36.4 Å². The monoisotopic (exact) mass is 265 g/mol. The van der Waals surface area contributed by atoms with Crippen molar-refractivity contribution in [3.63, 3.8) is 0 Å². The van der Waals surface area contributed by atoms with Gasteiger partial charge >= 0.3 is 0 Å². The van der Waals surface area contributed by atoms with E-state index in [-0.39, 0.29) is 0 Å². The fraction of sp³-hybridized carbons (Fsp3) is 0. The Morgan fingerprint density at radius 1 is 0.895 bits per heavy atom. The van der Waals surface area contributed by atoms with E-state index in [0.29, 0.717) is 0 Å². The number of anilines is 2. The van der Waals surface area contributed by atoms with Gasteiger partial charge in [-0.25, -0.2) is 0 Å². The van der Waals surface area contributed by atoms with Crippen molar-refractivity contribution < 1.29 is 0 Å². The Morgan fingerprint density at radius 2 is 1.74 bits per heavy atom. The van der Waals surface area contributed by atoms with Crippen molar-refractivity contribution in [1.82, 2.24) is 4.98 Å². The predicted molar refractivity (Wildman–Crippen MR) is 82.0 cm³/mol. The minimum Gasteiger partial charge on any atom is -0.310 e. The molecule has 0 bridgehead atoms. The molecule has 19 heavy (non-hydrogen) atoms. The van der Waals surface area contributed by atoms with Gasteiger partial charge in [0.05, 0.1) is 29.0 Å². The number of fused-ring (bicyclic) bond motifs is 3. The van der Waals surface area contributed by atoms with Crippen molar-refractivity contribution in [3.05, 3.63) is 54.7 Å².